The van der Waals surface area contributed by atoms with Crippen LogP contribution in [0, 0.1) is 5.92 Å². The molecule has 0 radical (unpaired) electrons. The largest absolute Gasteiger partial charge is 0.316 e. The maximum Gasteiger partial charge on any atom is -0.00140 e. The normalized spacial score (nSPS) is 11.4. The van der Waals surface area contributed by atoms with Crippen LogP contribution in [0.5, 0.6) is 0 Å². The number of benzene rings is 2. The lowest BCUT2D eigenvalue weighted by Gasteiger charge is -2.05. The highest BCUT2D eigenvalue weighted by atomic mass is 14.8. The van der Waals surface area contributed by atoms with Crippen molar-refractivity contribution in [2.45, 2.75) is 20.3 Å². The molecule has 0 amide bonds. The summed E-state index contributed by atoms with van der Waals surface area (Å²) in [6, 6.07) is 19.2. The highest BCUT2D eigenvalue weighted by Gasteiger charge is 1.95. The van der Waals surface area contributed by atoms with Crippen LogP contribution in [0.1, 0.15) is 25.8 Å². The van der Waals surface area contributed by atoms with Crippen LogP contribution in [0.3, 0.4) is 0 Å². The van der Waals surface area contributed by atoms with E-state index in [1.54, 1.807) is 0 Å². The van der Waals surface area contributed by atoms with Gasteiger partial charge in [0, 0.05) is 0 Å². The van der Waals surface area contributed by atoms with Gasteiger partial charge < -0.3 is 5.32 Å². The Morgan fingerprint density at radius 3 is 2.24 bits per heavy atom. The molecule has 1 heteroatoms. The van der Waals surface area contributed by atoms with Gasteiger partial charge in [0.1, 0.15) is 0 Å². The first-order valence-electron chi connectivity index (χ1n) is 7.78. The molecule has 21 heavy (non-hydrogen) atoms. The van der Waals surface area contributed by atoms with Crippen molar-refractivity contribution in [3.8, 4) is 11.1 Å². The van der Waals surface area contributed by atoms with Crippen LogP contribution in [-0.2, 0) is 0 Å². The zero-order valence-corrected chi connectivity index (χ0v) is 13.0. The van der Waals surface area contributed by atoms with Gasteiger partial charge in [0.15, 0.2) is 0 Å². The molecule has 0 saturated carbocycles. The van der Waals surface area contributed by atoms with Gasteiger partial charge in [-0.15, -0.1) is 0 Å². The zero-order chi connectivity index (χ0) is 14.9. The fourth-order valence-corrected chi connectivity index (χ4v) is 2.21. The van der Waals surface area contributed by atoms with Crippen molar-refractivity contribution >= 4 is 6.08 Å². The van der Waals surface area contributed by atoms with E-state index < -0.39 is 0 Å². The summed E-state index contributed by atoms with van der Waals surface area (Å²) in [6.07, 6.45) is 5.52. The van der Waals surface area contributed by atoms with E-state index in [1.165, 1.54) is 16.7 Å². The van der Waals surface area contributed by atoms with Crippen LogP contribution in [0.2, 0.25) is 0 Å². The average molecular weight is 279 g/mol. The molecule has 110 valence electrons. The van der Waals surface area contributed by atoms with Crippen molar-refractivity contribution < 1.29 is 0 Å². The molecule has 0 fully saturated rings. The quantitative estimate of drug-likeness (QED) is 0.703. The van der Waals surface area contributed by atoms with E-state index in [0.717, 1.165) is 25.4 Å². The fourth-order valence-electron chi connectivity index (χ4n) is 2.21. The molecule has 0 aliphatic heterocycles. The first-order chi connectivity index (χ1) is 10.3. The summed E-state index contributed by atoms with van der Waals surface area (Å²) in [5.41, 5.74) is 3.80. The Labute approximate surface area is 128 Å². The molecule has 0 heterocycles. The van der Waals surface area contributed by atoms with Gasteiger partial charge in [-0.1, -0.05) is 80.6 Å². The Morgan fingerprint density at radius 2 is 1.57 bits per heavy atom. The molecule has 1 nitrogen and oxygen atoms in total. The highest BCUT2D eigenvalue weighted by Crippen LogP contribution is 2.19. The van der Waals surface area contributed by atoms with Gasteiger partial charge in [-0.3, -0.25) is 0 Å². The molecular weight excluding hydrogens is 254 g/mol. The fraction of sp³-hybridized carbons (Fsp3) is 0.300. The van der Waals surface area contributed by atoms with Crippen molar-refractivity contribution in [1.82, 2.24) is 5.32 Å². The molecule has 2 rings (SSSR count). The van der Waals surface area contributed by atoms with E-state index in [1.807, 2.05) is 6.07 Å². The van der Waals surface area contributed by atoms with Crippen molar-refractivity contribution in [3.63, 3.8) is 0 Å². The van der Waals surface area contributed by atoms with Crippen molar-refractivity contribution in [3.05, 3.63) is 66.2 Å². The van der Waals surface area contributed by atoms with Gasteiger partial charge in [-0.25, -0.2) is 0 Å². The first-order valence-corrected chi connectivity index (χ1v) is 7.78. The van der Waals surface area contributed by atoms with Crippen LogP contribution in [0.15, 0.2) is 60.7 Å². The van der Waals surface area contributed by atoms with Gasteiger partial charge in [0.05, 0.1) is 0 Å². The Hall–Kier alpha value is -1.86. The van der Waals surface area contributed by atoms with E-state index in [9.17, 15) is 0 Å². The lowest BCUT2D eigenvalue weighted by Crippen LogP contribution is -2.20. The lowest BCUT2D eigenvalue weighted by molar-refractivity contribution is 0.557. The van der Waals surface area contributed by atoms with E-state index in [-0.39, 0.29) is 0 Å². The summed E-state index contributed by atoms with van der Waals surface area (Å²) in [5.74, 6) is 0.722. The third-order valence-electron chi connectivity index (χ3n) is 3.37. The summed E-state index contributed by atoms with van der Waals surface area (Å²) < 4.78 is 0. The van der Waals surface area contributed by atoms with Crippen molar-refractivity contribution in [2.24, 2.45) is 5.92 Å². The molecule has 0 aromatic heterocycles. The summed E-state index contributed by atoms with van der Waals surface area (Å²) >= 11 is 0. The summed E-state index contributed by atoms with van der Waals surface area (Å²) in [4.78, 5) is 0. The predicted octanol–water partition coefficient (Wildman–Crippen LogP) is 5.00. The Balaban J connectivity index is 1.82. The van der Waals surface area contributed by atoms with Gasteiger partial charge >= 0.3 is 0 Å². The molecular formula is C20H25N. The average Bonchev–Trinajstić information content (AvgIpc) is 2.52. The minimum atomic E-state index is 0.722. The topological polar surface area (TPSA) is 12.0 Å². The summed E-state index contributed by atoms with van der Waals surface area (Å²) in [5, 5.41) is 3.45. The first kappa shape index (κ1) is 15.5. The predicted molar refractivity (Wildman–Crippen MR) is 93.2 cm³/mol. The van der Waals surface area contributed by atoms with Crippen molar-refractivity contribution in [1.29, 1.82) is 0 Å². The molecule has 2 aromatic rings. The van der Waals surface area contributed by atoms with E-state index in [4.69, 9.17) is 0 Å². The second-order valence-corrected chi connectivity index (χ2v) is 5.78. The highest BCUT2D eigenvalue weighted by molar-refractivity contribution is 5.65. The standard InChI is InChI=1S/C20H25N/c1-17(2)16-21-15-7-6-8-18-11-13-20(14-12-18)19-9-4-3-5-10-19/h3-6,8-14,17,21H,7,15-16H2,1-2H3. The second-order valence-electron chi connectivity index (χ2n) is 5.78. The smallest absolute Gasteiger partial charge is 0.00140 e. The number of hydrogen-bond acceptors (Lipinski definition) is 1. The third kappa shape index (κ3) is 5.57. The van der Waals surface area contributed by atoms with E-state index in [2.05, 4.69) is 79.8 Å². The molecule has 0 unspecified atom stereocenters. The van der Waals surface area contributed by atoms with E-state index >= 15 is 0 Å². The van der Waals surface area contributed by atoms with Crippen LogP contribution < -0.4 is 5.32 Å². The molecule has 0 aliphatic rings. The summed E-state index contributed by atoms with van der Waals surface area (Å²) in [6.45, 7) is 6.62. The second kappa shape index (κ2) is 8.43. The maximum absolute atomic E-state index is 3.45. The molecule has 0 bridgehead atoms. The number of nitrogens with one attached hydrogen (secondary N) is 1. The molecule has 0 saturated heterocycles. The van der Waals surface area contributed by atoms with Gasteiger partial charge in [0.25, 0.3) is 0 Å². The molecule has 0 aliphatic carbocycles. The van der Waals surface area contributed by atoms with Gasteiger partial charge in [-0.05, 0) is 42.1 Å². The lowest BCUT2D eigenvalue weighted by atomic mass is 10.0. The Bertz CT molecular complexity index is 538. The van der Waals surface area contributed by atoms with E-state index in [0.29, 0.717) is 0 Å². The van der Waals surface area contributed by atoms with Crippen LogP contribution >= 0.6 is 0 Å². The van der Waals surface area contributed by atoms with Gasteiger partial charge in [-0.2, -0.15) is 0 Å². The number of hydrogen-bond donors (Lipinski definition) is 1. The maximum atomic E-state index is 3.45. The van der Waals surface area contributed by atoms with Gasteiger partial charge in [0.2, 0.25) is 0 Å². The minimum Gasteiger partial charge on any atom is -0.316 e. The molecule has 0 atom stereocenters. The monoisotopic (exact) mass is 279 g/mol. The SMILES string of the molecule is CC(C)CNCCC=Cc1ccc(-c2ccccc2)cc1. The molecule has 2 aromatic carbocycles. The third-order valence-corrected chi connectivity index (χ3v) is 3.37. The molecule has 1 N–H and O–H groups in total. The number of rotatable bonds is 7. The zero-order valence-electron chi connectivity index (χ0n) is 13.0. The molecule has 0 spiro atoms. The van der Waals surface area contributed by atoms with Crippen LogP contribution in [-0.4, -0.2) is 13.1 Å². The Kier molecular flexibility index (Phi) is 6.23. The summed E-state index contributed by atoms with van der Waals surface area (Å²) in [7, 11) is 0. The Morgan fingerprint density at radius 1 is 0.905 bits per heavy atom. The van der Waals surface area contributed by atoms with Crippen molar-refractivity contribution in [2.75, 3.05) is 13.1 Å². The minimum absolute atomic E-state index is 0.722. The van der Waals surface area contributed by atoms with Crippen LogP contribution in [0.4, 0.5) is 0 Å². The van der Waals surface area contributed by atoms with Crippen LogP contribution in [0.25, 0.3) is 17.2 Å².